The van der Waals surface area contributed by atoms with E-state index in [0.29, 0.717) is 23.5 Å². The molecule has 5 heteroatoms. The lowest BCUT2D eigenvalue weighted by molar-refractivity contribution is 0.0695. The second-order valence-electron chi connectivity index (χ2n) is 4.35. The van der Waals surface area contributed by atoms with Crippen LogP contribution in [-0.2, 0) is 6.42 Å². The molecule has 0 spiro atoms. The Morgan fingerprint density at radius 2 is 2.21 bits per heavy atom. The smallest absolute Gasteiger partial charge is 0.339 e. The molecule has 2 rings (SSSR count). The van der Waals surface area contributed by atoms with Gasteiger partial charge in [0.1, 0.15) is 11.4 Å². The first-order valence-corrected chi connectivity index (χ1v) is 6.12. The fourth-order valence-corrected chi connectivity index (χ4v) is 2.11. The Hall–Kier alpha value is -2.17. The molecule has 0 fully saturated rings. The van der Waals surface area contributed by atoms with Gasteiger partial charge in [-0.3, -0.25) is 0 Å². The fourth-order valence-electron chi connectivity index (χ4n) is 2.11. The molecule has 0 aliphatic heterocycles. The van der Waals surface area contributed by atoms with E-state index in [4.69, 9.17) is 0 Å². The SMILES string of the molecule is CCCc1nn(-c2cccc(F)c2)c(C)c1C(=O)O. The Bertz CT molecular complexity index is 620. The van der Waals surface area contributed by atoms with E-state index in [1.165, 1.54) is 16.8 Å². The van der Waals surface area contributed by atoms with Crippen LogP contribution in [0.1, 0.15) is 35.1 Å². The van der Waals surface area contributed by atoms with Gasteiger partial charge in [0.25, 0.3) is 0 Å². The number of rotatable bonds is 4. The van der Waals surface area contributed by atoms with Gasteiger partial charge in [0.2, 0.25) is 0 Å². The number of benzene rings is 1. The quantitative estimate of drug-likeness (QED) is 0.921. The summed E-state index contributed by atoms with van der Waals surface area (Å²) in [5.41, 5.74) is 1.80. The lowest BCUT2D eigenvalue weighted by atomic mass is 10.1. The minimum Gasteiger partial charge on any atom is -0.478 e. The molecule has 0 radical (unpaired) electrons. The van der Waals surface area contributed by atoms with E-state index in [1.54, 1.807) is 19.1 Å². The van der Waals surface area contributed by atoms with Gasteiger partial charge < -0.3 is 5.11 Å². The number of carbonyl (C=O) groups is 1. The van der Waals surface area contributed by atoms with Crippen LogP contribution in [0.15, 0.2) is 24.3 Å². The zero-order valence-corrected chi connectivity index (χ0v) is 10.9. The van der Waals surface area contributed by atoms with Gasteiger partial charge in [-0.25, -0.2) is 13.9 Å². The van der Waals surface area contributed by atoms with Crippen molar-refractivity contribution in [2.45, 2.75) is 26.7 Å². The van der Waals surface area contributed by atoms with Crippen LogP contribution in [0.3, 0.4) is 0 Å². The van der Waals surface area contributed by atoms with Gasteiger partial charge in [0, 0.05) is 0 Å². The zero-order valence-electron chi connectivity index (χ0n) is 10.9. The molecule has 0 aliphatic carbocycles. The van der Waals surface area contributed by atoms with Gasteiger partial charge in [0.05, 0.1) is 17.1 Å². The summed E-state index contributed by atoms with van der Waals surface area (Å²) in [6.07, 6.45) is 1.39. The highest BCUT2D eigenvalue weighted by Crippen LogP contribution is 2.20. The van der Waals surface area contributed by atoms with E-state index in [9.17, 15) is 14.3 Å². The molecule has 19 heavy (non-hydrogen) atoms. The number of carboxylic acids is 1. The number of hydrogen-bond donors (Lipinski definition) is 1. The van der Waals surface area contributed by atoms with Gasteiger partial charge in [-0.1, -0.05) is 19.4 Å². The standard InChI is InChI=1S/C14H15FN2O2/c1-3-5-12-13(14(18)19)9(2)17(16-12)11-7-4-6-10(15)8-11/h4,6-8H,3,5H2,1-2H3,(H,18,19). The number of carboxylic acid groups (broad SMARTS) is 1. The molecular formula is C14H15FN2O2. The molecule has 0 aliphatic rings. The van der Waals surface area contributed by atoms with E-state index in [-0.39, 0.29) is 11.4 Å². The minimum atomic E-state index is -0.997. The van der Waals surface area contributed by atoms with E-state index in [0.717, 1.165) is 6.42 Å². The molecule has 0 bridgehead atoms. The van der Waals surface area contributed by atoms with Crippen molar-refractivity contribution in [2.75, 3.05) is 0 Å². The van der Waals surface area contributed by atoms with Crippen molar-refractivity contribution in [3.63, 3.8) is 0 Å². The molecule has 0 amide bonds. The third-order valence-electron chi connectivity index (χ3n) is 2.94. The number of aryl methyl sites for hydroxylation is 1. The number of halogens is 1. The summed E-state index contributed by atoms with van der Waals surface area (Å²) in [6.45, 7) is 3.64. The Balaban J connectivity index is 2.59. The Morgan fingerprint density at radius 1 is 1.47 bits per heavy atom. The first kappa shape index (κ1) is 13.3. The van der Waals surface area contributed by atoms with E-state index in [2.05, 4.69) is 5.10 Å². The highest BCUT2D eigenvalue weighted by atomic mass is 19.1. The third-order valence-corrected chi connectivity index (χ3v) is 2.94. The maximum atomic E-state index is 13.2. The molecule has 1 aromatic carbocycles. The number of aromatic carboxylic acids is 1. The van der Waals surface area contributed by atoms with Crippen LogP contribution >= 0.6 is 0 Å². The predicted molar refractivity (Wildman–Crippen MR) is 69.2 cm³/mol. The van der Waals surface area contributed by atoms with Crippen molar-refractivity contribution in [1.29, 1.82) is 0 Å². The maximum absolute atomic E-state index is 13.2. The summed E-state index contributed by atoms with van der Waals surface area (Å²) in [4.78, 5) is 11.3. The Labute approximate surface area is 110 Å². The topological polar surface area (TPSA) is 55.1 Å². The average molecular weight is 262 g/mol. The molecule has 0 atom stereocenters. The van der Waals surface area contributed by atoms with Crippen molar-refractivity contribution >= 4 is 5.97 Å². The van der Waals surface area contributed by atoms with Crippen LogP contribution in [0, 0.1) is 12.7 Å². The summed E-state index contributed by atoms with van der Waals surface area (Å²) in [5.74, 6) is -1.37. The average Bonchev–Trinajstić information content (AvgIpc) is 2.67. The van der Waals surface area contributed by atoms with Crippen molar-refractivity contribution in [2.24, 2.45) is 0 Å². The number of aromatic nitrogens is 2. The summed E-state index contributed by atoms with van der Waals surface area (Å²) >= 11 is 0. The molecule has 2 aromatic rings. The molecule has 0 saturated heterocycles. The minimum absolute atomic E-state index is 0.214. The van der Waals surface area contributed by atoms with Crippen LogP contribution in [-0.4, -0.2) is 20.9 Å². The van der Waals surface area contributed by atoms with Crippen LogP contribution in [0.4, 0.5) is 4.39 Å². The maximum Gasteiger partial charge on any atom is 0.339 e. The van der Waals surface area contributed by atoms with E-state index < -0.39 is 5.97 Å². The van der Waals surface area contributed by atoms with Crippen LogP contribution in [0.5, 0.6) is 0 Å². The van der Waals surface area contributed by atoms with Crippen molar-refractivity contribution < 1.29 is 14.3 Å². The Kier molecular flexibility index (Phi) is 3.64. The van der Waals surface area contributed by atoms with Crippen molar-refractivity contribution in [3.8, 4) is 5.69 Å². The molecule has 1 heterocycles. The van der Waals surface area contributed by atoms with Crippen molar-refractivity contribution in [1.82, 2.24) is 9.78 Å². The van der Waals surface area contributed by atoms with Crippen LogP contribution < -0.4 is 0 Å². The number of nitrogens with zero attached hydrogens (tertiary/aromatic N) is 2. The first-order valence-electron chi connectivity index (χ1n) is 6.12. The molecule has 0 unspecified atom stereocenters. The zero-order chi connectivity index (χ0) is 14.0. The fraction of sp³-hybridized carbons (Fsp3) is 0.286. The highest BCUT2D eigenvalue weighted by molar-refractivity contribution is 5.90. The van der Waals surface area contributed by atoms with E-state index >= 15 is 0 Å². The summed E-state index contributed by atoms with van der Waals surface area (Å²) < 4.78 is 14.7. The van der Waals surface area contributed by atoms with E-state index in [1.807, 2.05) is 6.92 Å². The molecule has 1 N–H and O–H groups in total. The summed E-state index contributed by atoms with van der Waals surface area (Å²) in [6, 6.07) is 5.95. The molecule has 4 nitrogen and oxygen atoms in total. The van der Waals surface area contributed by atoms with Gasteiger partial charge in [0.15, 0.2) is 0 Å². The predicted octanol–water partition coefficient (Wildman–Crippen LogP) is 2.97. The van der Waals surface area contributed by atoms with Crippen molar-refractivity contribution in [3.05, 3.63) is 47.0 Å². The lowest BCUT2D eigenvalue weighted by Gasteiger charge is -2.04. The summed E-state index contributed by atoms with van der Waals surface area (Å²) in [5, 5.41) is 13.6. The monoisotopic (exact) mass is 262 g/mol. The van der Waals surface area contributed by atoms with Crippen LogP contribution in [0.25, 0.3) is 5.69 Å². The summed E-state index contributed by atoms with van der Waals surface area (Å²) in [7, 11) is 0. The molecule has 0 saturated carbocycles. The first-order chi connectivity index (χ1) is 9.04. The molecule has 1 aromatic heterocycles. The van der Waals surface area contributed by atoms with Gasteiger partial charge in [-0.2, -0.15) is 5.10 Å². The lowest BCUT2D eigenvalue weighted by Crippen LogP contribution is -2.03. The normalized spacial score (nSPS) is 10.7. The van der Waals surface area contributed by atoms with Gasteiger partial charge in [-0.05, 0) is 31.5 Å². The number of hydrogen-bond acceptors (Lipinski definition) is 2. The highest BCUT2D eigenvalue weighted by Gasteiger charge is 2.20. The largest absolute Gasteiger partial charge is 0.478 e. The second-order valence-corrected chi connectivity index (χ2v) is 4.35. The van der Waals surface area contributed by atoms with Gasteiger partial charge >= 0.3 is 5.97 Å². The molecular weight excluding hydrogens is 247 g/mol. The second kappa shape index (κ2) is 5.22. The molecule has 100 valence electrons. The Morgan fingerprint density at radius 3 is 2.79 bits per heavy atom. The van der Waals surface area contributed by atoms with Crippen LogP contribution in [0.2, 0.25) is 0 Å². The van der Waals surface area contributed by atoms with Gasteiger partial charge in [-0.15, -0.1) is 0 Å². The third kappa shape index (κ3) is 2.50.